The van der Waals surface area contributed by atoms with E-state index in [9.17, 15) is 5.11 Å². The van der Waals surface area contributed by atoms with E-state index < -0.39 is 18.2 Å². The molecule has 2 heterocycles. The third kappa shape index (κ3) is 1.37. The smallest absolute Gasteiger partial charge is 0.113 e. The quantitative estimate of drug-likeness (QED) is 0.367. The highest BCUT2D eigenvalue weighted by molar-refractivity contribution is 6.11. The molecule has 2 aliphatic rings. The summed E-state index contributed by atoms with van der Waals surface area (Å²) in [5.41, 5.74) is 0. The molecule has 0 aromatic rings. The maximum atomic E-state index is 9.51. The summed E-state index contributed by atoms with van der Waals surface area (Å²) in [6, 6.07) is -0.436. The zero-order valence-corrected chi connectivity index (χ0v) is 6.59. The van der Waals surface area contributed by atoms with Gasteiger partial charge >= 0.3 is 0 Å². The predicted octanol–water partition coefficient (Wildman–Crippen LogP) is -1.61. The molecule has 2 N–H and O–H groups in total. The van der Waals surface area contributed by atoms with E-state index in [0.29, 0.717) is 6.42 Å². The topological polar surface area (TPSA) is 62.2 Å². The van der Waals surface area contributed by atoms with Crippen molar-refractivity contribution in [1.29, 1.82) is 0 Å². The van der Waals surface area contributed by atoms with Gasteiger partial charge in [-0.3, -0.25) is 0 Å². The van der Waals surface area contributed by atoms with Gasteiger partial charge in [-0.15, -0.1) is 0 Å². The molecule has 0 saturated carbocycles. The first-order valence-corrected chi connectivity index (χ1v) is 4.08. The highest BCUT2D eigenvalue weighted by Gasteiger charge is 2.50. The first-order chi connectivity index (χ1) is 5.72. The van der Waals surface area contributed by atoms with E-state index in [0.717, 1.165) is 0 Å². The number of ether oxygens (including phenoxy) is 2. The van der Waals surface area contributed by atoms with Crippen molar-refractivity contribution >= 4 is 7.85 Å². The molecule has 3 unspecified atom stereocenters. The summed E-state index contributed by atoms with van der Waals surface area (Å²) in [5, 5.41) is 18.4. The van der Waals surface area contributed by atoms with Crippen LogP contribution in [0.3, 0.4) is 0 Å². The van der Waals surface area contributed by atoms with Gasteiger partial charge in [-0.2, -0.15) is 0 Å². The van der Waals surface area contributed by atoms with Gasteiger partial charge in [0.15, 0.2) is 0 Å². The Balaban J connectivity index is 2.03. The van der Waals surface area contributed by atoms with Gasteiger partial charge in [0.1, 0.15) is 26.2 Å². The molecular weight excluding hydrogens is 159 g/mol. The van der Waals surface area contributed by atoms with E-state index in [1.807, 2.05) is 0 Å². The Morgan fingerprint density at radius 3 is 2.83 bits per heavy atom. The van der Waals surface area contributed by atoms with E-state index in [2.05, 4.69) is 0 Å². The number of fused-ring (bicyclic) bond motifs is 1. The van der Waals surface area contributed by atoms with Gasteiger partial charge in [-0.05, 0) is 6.42 Å². The molecule has 12 heavy (non-hydrogen) atoms. The minimum absolute atomic E-state index is 0.0200. The minimum atomic E-state index is -0.742. The highest BCUT2D eigenvalue weighted by Crippen LogP contribution is 2.34. The summed E-state index contributed by atoms with van der Waals surface area (Å²) >= 11 is 0. The first-order valence-electron chi connectivity index (χ1n) is 4.08. The first kappa shape index (κ1) is 8.50. The monoisotopic (exact) mass is 170 g/mol. The second kappa shape index (κ2) is 2.99. The molecule has 0 bridgehead atoms. The molecule has 0 spiro atoms. The maximum absolute atomic E-state index is 9.51. The molecule has 2 saturated heterocycles. The molecule has 5 atom stereocenters. The molecule has 2 radical (unpaired) electrons. The largest absolute Gasteiger partial charge is 0.394 e. The summed E-state index contributed by atoms with van der Waals surface area (Å²) in [6.07, 6.45) is -0.911. The molecule has 0 aliphatic carbocycles. The average molecular weight is 170 g/mol. The molecule has 2 fully saturated rings. The molecule has 0 aromatic carbocycles. The van der Waals surface area contributed by atoms with Crippen LogP contribution in [0.2, 0.25) is 0 Å². The van der Waals surface area contributed by atoms with Crippen LogP contribution in [0.4, 0.5) is 0 Å². The highest BCUT2D eigenvalue weighted by atomic mass is 16.6. The Kier molecular flexibility index (Phi) is 2.12. The molecule has 4 nitrogen and oxygen atoms in total. The van der Waals surface area contributed by atoms with Crippen molar-refractivity contribution in [3.8, 4) is 0 Å². The Morgan fingerprint density at radius 1 is 1.42 bits per heavy atom. The Morgan fingerprint density at radius 2 is 2.17 bits per heavy atom. The van der Waals surface area contributed by atoms with Gasteiger partial charge in [-0.1, -0.05) is 0 Å². The summed E-state index contributed by atoms with van der Waals surface area (Å²) in [4.78, 5) is 0. The third-order valence-corrected chi connectivity index (χ3v) is 2.33. The molecule has 0 amide bonds. The molecule has 5 heteroatoms. The van der Waals surface area contributed by atoms with Crippen molar-refractivity contribution in [3.63, 3.8) is 0 Å². The van der Waals surface area contributed by atoms with Crippen molar-refractivity contribution in [1.82, 2.24) is 0 Å². The number of epoxide rings is 1. The number of aliphatic hydroxyl groups excluding tert-OH is 2. The van der Waals surface area contributed by atoms with Gasteiger partial charge in [0.25, 0.3) is 0 Å². The normalized spacial score (nSPS) is 52.7. The van der Waals surface area contributed by atoms with E-state index in [-0.39, 0.29) is 18.8 Å². The zero-order chi connectivity index (χ0) is 8.72. The SMILES string of the molecule is [B]C1CC2OC2[C@H](O)[C@@H](CO)O1. The van der Waals surface area contributed by atoms with E-state index >= 15 is 0 Å². The van der Waals surface area contributed by atoms with Crippen LogP contribution in [0, 0.1) is 0 Å². The van der Waals surface area contributed by atoms with Gasteiger partial charge in [0.2, 0.25) is 0 Å². The van der Waals surface area contributed by atoms with Gasteiger partial charge < -0.3 is 19.7 Å². The summed E-state index contributed by atoms with van der Waals surface area (Å²) in [5.74, 6) is 0. The van der Waals surface area contributed by atoms with Crippen LogP contribution in [-0.4, -0.2) is 55.1 Å². The van der Waals surface area contributed by atoms with Crippen LogP contribution in [0.25, 0.3) is 0 Å². The van der Waals surface area contributed by atoms with E-state index in [4.69, 9.17) is 22.4 Å². The number of rotatable bonds is 1. The number of aliphatic hydroxyl groups is 2. The molecule has 0 aromatic heterocycles. The van der Waals surface area contributed by atoms with Gasteiger partial charge in [0.05, 0.1) is 12.7 Å². The lowest BCUT2D eigenvalue weighted by Gasteiger charge is -2.21. The minimum Gasteiger partial charge on any atom is -0.394 e. The van der Waals surface area contributed by atoms with Crippen molar-refractivity contribution in [2.24, 2.45) is 0 Å². The van der Waals surface area contributed by atoms with Gasteiger partial charge in [-0.25, -0.2) is 0 Å². The fourth-order valence-electron chi connectivity index (χ4n) is 1.60. The average Bonchev–Trinajstić information content (AvgIpc) is 2.77. The van der Waals surface area contributed by atoms with Crippen molar-refractivity contribution < 1.29 is 19.7 Å². The Bertz CT molecular complexity index is 177. The third-order valence-electron chi connectivity index (χ3n) is 2.33. The Hall–Kier alpha value is -0.0951. The zero-order valence-electron chi connectivity index (χ0n) is 6.59. The lowest BCUT2D eigenvalue weighted by molar-refractivity contribution is -0.0817. The van der Waals surface area contributed by atoms with Crippen LogP contribution in [0.1, 0.15) is 6.42 Å². The van der Waals surface area contributed by atoms with Crippen LogP contribution < -0.4 is 0 Å². The summed E-state index contributed by atoms with van der Waals surface area (Å²) in [6.45, 7) is -0.221. The van der Waals surface area contributed by atoms with Crippen LogP contribution in [-0.2, 0) is 9.47 Å². The standard InChI is InChI=1S/C7H11BO4/c8-5-1-3-7(12-3)6(10)4(2-9)11-5/h3-7,9-10H,1-2H2/t3?,4-,5?,6-,7?/m1/s1. The lowest BCUT2D eigenvalue weighted by atomic mass is 9.95. The van der Waals surface area contributed by atoms with Crippen LogP contribution in [0.15, 0.2) is 0 Å². The summed E-state index contributed by atoms with van der Waals surface area (Å²) in [7, 11) is 5.56. The molecular formula is C7H11BO4. The summed E-state index contributed by atoms with van der Waals surface area (Å²) < 4.78 is 10.3. The fraction of sp³-hybridized carbons (Fsp3) is 1.00. The fourth-order valence-corrected chi connectivity index (χ4v) is 1.60. The van der Waals surface area contributed by atoms with Crippen molar-refractivity contribution in [2.75, 3.05) is 6.61 Å². The van der Waals surface area contributed by atoms with Crippen molar-refractivity contribution in [3.05, 3.63) is 0 Å². The molecule has 66 valence electrons. The Labute approximate surface area is 71.9 Å². The second-order valence-corrected chi connectivity index (χ2v) is 3.26. The van der Waals surface area contributed by atoms with E-state index in [1.54, 1.807) is 0 Å². The van der Waals surface area contributed by atoms with Crippen LogP contribution >= 0.6 is 0 Å². The van der Waals surface area contributed by atoms with Crippen molar-refractivity contribution in [2.45, 2.75) is 36.8 Å². The maximum Gasteiger partial charge on any atom is 0.113 e. The van der Waals surface area contributed by atoms with E-state index in [1.165, 1.54) is 0 Å². The number of hydrogen-bond donors (Lipinski definition) is 2. The van der Waals surface area contributed by atoms with Crippen LogP contribution in [0.5, 0.6) is 0 Å². The second-order valence-electron chi connectivity index (χ2n) is 3.26. The molecule has 2 aliphatic heterocycles. The molecule has 2 rings (SSSR count). The number of hydrogen-bond acceptors (Lipinski definition) is 4. The van der Waals surface area contributed by atoms with Gasteiger partial charge in [0, 0.05) is 6.00 Å². The lowest BCUT2D eigenvalue weighted by Crippen LogP contribution is -2.37. The predicted molar refractivity (Wildman–Crippen MR) is 40.8 cm³/mol.